The van der Waals surface area contributed by atoms with Gasteiger partial charge in [0, 0.05) is 18.5 Å². The molecular weight excluding hydrogens is 286 g/mol. The highest BCUT2D eigenvalue weighted by atomic mass is 35.5. The maximum Gasteiger partial charge on any atom is 0.166 e. The van der Waals surface area contributed by atoms with E-state index in [0.29, 0.717) is 0 Å². The van der Waals surface area contributed by atoms with Crippen molar-refractivity contribution in [1.29, 1.82) is 0 Å². The van der Waals surface area contributed by atoms with Gasteiger partial charge in [-0.15, -0.1) is 11.6 Å². The van der Waals surface area contributed by atoms with E-state index in [1.165, 1.54) is 11.1 Å². The average molecular weight is 306 g/mol. The van der Waals surface area contributed by atoms with E-state index >= 15 is 0 Å². The molecule has 0 fully saturated rings. The van der Waals surface area contributed by atoms with Crippen LogP contribution in [-0.4, -0.2) is 37.1 Å². The van der Waals surface area contributed by atoms with Crippen LogP contribution < -0.4 is 9.47 Å². The molecule has 1 aliphatic carbocycles. The molecule has 0 amide bonds. The van der Waals surface area contributed by atoms with Crippen LogP contribution in [0.1, 0.15) is 24.0 Å². The molecule has 0 saturated carbocycles. The van der Waals surface area contributed by atoms with E-state index in [9.17, 15) is 0 Å². The predicted octanol–water partition coefficient (Wildman–Crippen LogP) is 3.10. The summed E-state index contributed by atoms with van der Waals surface area (Å²) in [5, 5.41) is 0.0605. The van der Waals surface area contributed by atoms with Gasteiger partial charge in [0.05, 0.1) is 17.9 Å². The first-order valence-electron chi connectivity index (χ1n) is 7.53. The summed E-state index contributed by atoms with van der Waals surface area (Å²) in [6, 6.07) is 4.22. The Morgan fingerprint density at radius 1 is 1.43 bits per heavy atom. The zero-order valence-corrected chi connectivity index (χ0v) is 13.2. The fourth-order valence-corrected chi connectivity index (χ4v) is 4.29. The highest BCUT2D eigenvalue weighted by molar-refractivity contribution is 6.21. The number of methoxy groups -OCH3 is 1. The van der Waals surface area contributed by atoms with Crippen LogP contribution in [0.2, 0.25) is 0 Å². The SMILES string of the molecule is COc1ccc2c3c1O[C@H]1C[C@H](Cl)C=C[C@@]31CCN(C)C2. The lowest BCUT2D eigenvalue weighted by molar-refractivity contribution is 0.141. The lowest BCUT2D eigenvalue weighted by Gasteiger charge is -2.35. The summed E-state index contributed by atoms with van der Waals surface area (Å²) < 4.78 is 11.9. The third-order valence-electron chi connectivity index (χ3n) is 5.12. The zero-order chi connectivity index (χ0) is 14.6. The van der Waals surface area contributed by atoms with Crippen LogP contribution in [-0.2, 0) is 12.0 Å². The van der Waals surface area contributed by atoms with Gasteiger partial charge in [-0.1, -0.05) is 18.2 Å². The van der Waals surface area contributed by atoms with Crippen molar-refractivity contribution in [2.45, 2.75) is 36.3 Å². The quantitative estimate of drug-likeness (QED) is 0.588. The van der Waals surface area contributed by atoms with Crippen LogP contribution in [0, 0.1) is 0 Å². The number of benzene rings is 1. The van der Waals surface area contributed by atoms with Crippen LogP contribution in [0.25, 0.3) is 0 Å². The van der Waals surface area contributed by atoms with Crippen LogP contribution in [0.15, 0.2) is 24.3 Å². The normalized spacial score (nSPS) is 33.9. The Kier molecular flexibility index (Phi) is 2.98. The van der Waals surface area contributed by atoms with Crippen molar-refractivity contribution >= 4 is 11.6 Å². The van der Waals surface area contributed by atoms with Gasteiger partial charge in [-0.3, -0.25) is 0 Å². The van der Waals surface area contributed by atoms with Gasteiger partial charge in [0.1, 0.15) is 6.10 Å². The summed E-state index contributed by atoms with van der Waals surface area (Å²) in [6.07, 6.45) is 6.50. The minimum absolute atomic E-state index is 0.0324. The molecule has 2 heterocycles. The van der Waals surface area contributed by atoms with E-state index < -0.39 is 0 Å². The molecule has 21 heavy (non-hydrogen) atoms. The van der Waals surface area contributed by atoms with Gasteiger partial charge in [-0.2, -0.15) is 0 Å². The number of hydrogen-bond donors (Lipinski definition) is 0. The Labute approximate surface area is 130 Å². The smallest absolute Gasteiger partial charge is 0.166 e. The summed E-state index contributed by atoms with van der Waals surface area (Å²) in [6.45, 7) is 2.02. The second kappa shape index (κ2) is 4.65. The highest BCUT2D eigenvalue weighted by Gasteiger charge is 2.52. The topological polar surface area (TPSA) is 21.7 Å². The third kappa shape index (κ3) is 1.84. The highest BCUT2D eigenvalue weighted by Crippen LogP contribution is 2.55. The number of rotatable bonds is 1. The second-order valence-electron chi connectivity index (χ2n) is 6.38. The van der Waals surface area contributed by atoms with E-state index in [0.717, 1.165) is 37.4 Å². The molecule has 0 radical (unpaired) electrons. The Balaban J connectivity index is 1.95. The first kappa shape index (κ1) is 13.5. The van der Waals surface area contributed by atoms with Crippen molar-refractivity contribution in [2.75, 3.05) is 20.7 Å². The molecule has 4 rings (SSSR count). The molecule has 0 N–H and O–H groups in total. The number of allylic oxidation sites excluding steroid dienone is 1. The second-order valence-corrected chi connectivity index (χ2v) is 6.94. The monoisotopic (exact) mass is 305 g/mol. The summed E-state index contributed by atoms with van der Waals surface area (Å²) in [5.41, 5.74) is 2.65. The number of hydrogen-bond acceptors (Lipinski definition) is 3. The fraction of sp³-hybridized carbons (Fsp3) is 0.529. The first-order valence-corrected chi connectivity index (χ1v) is 7.96. The van der Waals surface area contributed by atoms with Gasteiger partial charge in [-0.05, 0) is 31.6 Å². The van der Waals surface area contributed by atoms with Crippen molar-refractivity contribution in [3.8, 4) is 11.5 Å². The minimum Gasteiger partial charge on any atom is -0.493 e. The van der Waals surface area contributed by atoms with Crippen molar-refractivity contribution < 1.29 is 9.47 Å². The molecule has 3 nitrogen and oxygen atoms in total. The molecule has 1 spiro atoms. The third-order valence-corrected chi connectivity index (χ3v) is 5.44. The zero-order valence-electron chi connectivity index (χ0n) is 12.4. The fourth-order valence-electron chi connectivity index (χ4n) is 4.06. The summed E-state index contributed by atoms with van der Waals surface area (Å²) in [7, 11) is 3.89. The maximum atomic E-state index is 6.34. The number of ether oxygens (including phenoxy) is 2. The molecule has 1 aromatic carbocycles. The Bertz CT molecular complexity index is 615. The van der Waals surface area contributed by atoms with Crippen LogP contribution in [0.5, 0.6) is 11.5 Å². The first-order chi connectivity index (χ1) is 10.1. The lowest BCUT2D eigenvalue weighted by atomic mass is 9.69. The van der Waals surface area contributed by atoms with Crippen LogP contribution in [0.3, 0.4) is 0 Å². The summed E-state index contributed by atoms with van der Waals surface area (Å²) >= 11 is 6.34. The Hall–Kier alpha value is -1.19. The molecule has 0 bridgehead atoms. The van der Waals surface area contributed by atoms with Crippen molar-refractivity contribution in [1.82, 2.24) is 4.90 Å². The van der Waals surface area contributed by atoms with Crippen molar-refractivity contribution in [3.05, 3.63) is 35.4 Å². The lowest BCUT2D eigenvalue weighted by Crippen LogP contribution is -2.41. The van der Waals surface area contributed by atoms with Gasteiger partial charge < -0.3 is 14.4 Å². The van der Waals surface area contributed by atoms with E-state index in [4.69, 9.17) is 21.1 Å². The molecule has 0 aromatic heterocycles. The standard InChI is InChI=1S/C17H20ClNO2/c1-19-8-7-17-6-5-12(18)9-14(17)21-16-13(20-2)4-3-11(10-19)15(16)17/h3-6,12,14H,7-10H2,1-2H3/t12-,14+,17+/m1/s1. The maximum absolute atomic E-state index is 6.34. The van der Waals surface area contributed by atoms with E-state index in [-0.39, 0.29) is 16.9 Å². The predicted molar refractivity (Wildman–Crippen MR) is 83.4 cm³/mol. The van der Waals surface area contributed by atoms with Crippen molar-refractivity contribution in [2.24, 2.45) is 0 Å². The van der Waals surface area contributed by atoms with Crippen LogP contribution in [0.4, 0.5) is 0 Å². The number of halogens is 1. The molecule has 4 heteroatoms. The van der Waals surface area contributed by atoms with E-state index in [1.807, 2.05) is 6.07 Å². The molecule has 1 aromatic rings. The van der Waals surface area contributed by atoms with Gasteiger partial charge in [0.15, 0.2) is 11.5 Å². The Morgan fingerprint density at radius 2 is 2.29 bits per heavy atom. The van der Waals surface area contributed by atoms with Gasteiger partial charge >= 0.3 is 0 Å². The molecule has 2 aliphatic heterocycles. The average Bonchev–Trinajstić information content (AvgIpc) is 2.72. The van der Waals surface area contributed by atoms with Gasteiger partial charge in [0.25, 0.3) is 0 Å². The molecule has 3 aliphatic rings. The number of alkyl halides is 1. The van der Waals surface area contributed by atoms with Gasteiger partial charge in [-0.25, -0.2) is 0 Å². The molecule has 0 saturated heterocycles. The van der Waals surface area contributed by atoms with Gasteiger partial charge in [0.2, 0.25) is 0 Å². The van der Waals surface area contributed by atoms with Crippen molar-refractivity contribution in [3.63, 3.8) is 0 Å². The molecule has 3 atom stereocenters. The summed E-state index contributed by atoms with van der Waals surface area (Å²) in [4.78, 5) is 2.38. The Morgan fingerprint density at radius 3 is 3.10 bits per heavy atom. The van der Waals surface area contributed by atoms with E-state index in [2.05, 4.69) is 30.2 Å². The summed E-state index contributed by atoms with van der Waals surface area (Å²) in [5.74, 6) is 1.78. The minimum atomic E-state index is -0.0324. The number of nitrogens with zero attached hydrogens (tertiary/aromatic N) is 1. The van der Waals surface area contributed by atoms with Crippen LogP contribution >= 0.6 is 11.6 Å². The largest absolute Gasteiger partial charge is 0.493 e. The molecular formula is C17H20ClNO2. The molecule has 0 unspecified atom stereocenters. The van der Waals surface area contributed by atoms with E-state index in [1.54, 1.807) is 7.11 Å². The molecule has 112 valence electrons.